The molecule has 3 rings (SSSR count). The Morgan fingerprint density at radius 2 is 1.96 bits per heavy atom. The molecule has 0 radical (unpaired) electrons. The molecule has 1 saturated heterocycles. The number of allylic oxidation sites excluding steroid dienone is 2. The summed E-state index contributed by atoms with van der Waals surface area (Å²) in [5.74, 6) is -0.0559. The maximum atomic E-state index is 12.0. The Kier molecular flexibility index (Phi) is 5.77. The number of nitrogens with one attached hydrogen (secondary N) is 1. The first-order valence-corrected chi connectivity index (χ1v) is 9.52. The standard InChI is InChI=1S/C21H28N2O3/c1-3-20(26)22-12-18-21(19(13-24)23(18)14(2)25)17-10-8-16(9-11-17)15-6-4-5-7-15/h6,8-11,18-19,21,24H,3-5,7,12-13H2,1-2H3,(H,22,26)/t18-,19-,21-/m0/s1. The van der Waals surface area contributed by atoms with Crippen LogP contribution < -0.4 is 5.32 Å². The lowest BCUT2D eigenvalue weighted by molar-refractivity contribution is -0.148. The SMILES string of the molecule is CCC(=O)NC[C@H]1[C@H](c2ccc(C3=CCCC3)cc2)[C@H](CO)N1C(C)=O. The van der Waals surface area contributed by atoms with Gasteiger partial charge in [-0.3, -0.25) is 9.59 Å². The van der Waals surface area contributed by atoms with Crippen molar-refractivity contribution in [2.24, 2.45) is 0 Å². The van der Waals surface area contributed by atoms with E-state index in [9.17, 15) is 14.7 Å². The predicted octanol–water partition coefficient (Wildman–Crippen LogP) is 2.46. The van der Waals surface area contributed by atoms with Crippen LogP contribution in [0.4, 0.5) is 0 Å². The van der Waals surface area contributed by atoms with Gasteiger partial charge in [-0.15, -0.1) is 0 Å². The number of aliphatic hydroxyl groups excluding tert-OH is 1. The third kappa shape index (κ3) is 3.54. The summed E-state index contributed by atoms with van der Waals surface area (Å²) in [7, 11) is 0. The number of nitrogens with zero attached hydrogens (tertiary/aromatic N) is 1. The van der Waals surface area contributed by atoms with Crippen molar-refractivity contribution in [1.82, 2.24) is 10.2 Å². The van der Waals surface area contributed by atoms with E-state index in [0.717, 1.165) is 18.4 Å². The molecular formula is C21H28N2O3. The van der Waals surface area contributed by atoms with Gasteiger partial charge in [0.05, 0.1) is 18.7 Å². The Bertz CT molecular complexity index is 696. The number of benzene rings is 1. The number of hydrogen-bond donors (Lipinski definition) is 2. The highest BCUT2D eigenvalue weighted by atomic mass is 16.3. The topological polar surface area (TPSA) is 69.6 Å². The van der Waals surface area contributed by atoms with Gasteiger partial charge in [0.2, 0.25) is 11.8 Å². The summed E-state index contributed by atoms with van der Waals surface area (Å²) >= 11 is 0. The van der Waals surface area contributed by atoms with Crippen molar-refractivity contribution in [3.8, 4) is 0 Å². The maximum Gasteiger partial charge on any atom is 0.220 e. The second kappa shape index (κ2) is 8.04. The zero-order valence-electron chi connectivity index (χ0n) is 15.6. The number of carbonyl (C=O) groups is 2. The van der Waals surface area contributed by atoms with Crippen molar-refractivity contribution < 1.29 is 14.7 Å². The Balaban J connectivity index is 1.79. The second-order valence-electron chi connectivity index (χ2n) is 7.17. The molecule has 26 heavy (non-hydrogen) atoms. The molecule has 140 valence electrons. The molecule has 2 aliphatic rings. The molecule has 3 atom stereocenters. The van der Waals surface area contributed by atoms with Crippen molar-refractivity contribution in [2.45, 2.75) is 57.5 Å². The van der Waals surface area contributed by atoms with E-state index in [1.54, 1.807) is 4.90 Å². The van der Waals surface area contributed by atoms with Gasteiger partial charge in [-0.05, 0) is 36.0 Å². The number of amides is 2. The van der Waals surface area contributed by atoms with Gasteiger partial charge in [0.1, 0.15) is 0 Å². The number of rotatable bonds is 6. The van der Waals surface area contributed by atoms with Gasteiger partial charge >= 0.3 is 0 Å². The Morgan fingerprint density at radius 1 is 1.23 bits per heavy atom. The van der Waals surface area contributed by atoms with Gasteiger partial charge in [0, 0.05) is 25.8 Å². The summed E-state index contributed by atoms with van der Waals surface area (Å²) in [4.78, 5) is 25.4. The molecule has 0 saturated carbocycles. The molecule has 5 heteroatoms. The lowest BCUT2D eigenvalue weighted by Gasteiger charge is -2.54. The molecule has 1 fully saturated rings. The summed E-state index contributed by atoms with van der Waals surface area (Å²) < 4.78 is 0. The fraction of sp³-hybridized carbons (Fsp3) is 0.524. The van der Waals surface area contributed by atoms with E-state index < -0.39 is 0 Å². The van der Waals surface area contributed by atoms with E-state index in [-0.39, 0.29) is 36.4 Å². The lowest BCUT2D eigenvalue weighted by Crippen LogP contribution is -2.68. The molecule has 1 aromatic carbocycles. The summed E-state index contributed by atoms with van der Waals surface area (Å²) in [6, 6.07) is 8.14. The highest BCUT2D eigenvalue weighted by molar-refractivity contribution is 5.77. The first kappa shape index (κ1) is 18.6. The number of likely N-dealkylation sites (tertiary alicyclic amines) is 1. The van der Waals surface area contributed by atoms with Crippen LogP contribution in [-0.2, 0) is 9.59 Å². The van der Waals surface area contributed by atoms with Gasteiger partial charge < -0.3 is 15.3 Å². The summed E-state index contributed by atoms with van der Waals surface area (Å²) in [5.41, 5.74) is 3.77. The number of carbonyl (C=O) groups excluding carboxylic acids is 2. The zero-order valence-corrected chi connectivity index (χ0v) is 15.6. The van der Waals surface area contributed by atoms with E-state index in [1.807, 2.05) is 6.92 Å². The molecule has 0 spiro atoms. The molecule has 1 aromatic rings. The van der Waals surface area contributed by atoms with Crippen LogP contribution in [0.5, 0.6) is 0 Å². The molecule has 1 aliphatic carbocycles. The van der Waals surface area contributed by atoms with E-state index >= 15 is 0 Å². The van der Waals surface area contributed by atoms with Crippen molar-refractivity contribution in [1.29, 1.82) is 0 Å². The zero-order chi connectivity index (χ0) is 18.7. The minimum atomic E-state index is -0.229. The van der Waals surface area contributed by atoms with Crippen LogP contribution in [0, 0.1) is 0 Å². The smallest absolute Gasteiger partial charge is 0.220 e. The third-order valence-electron chi connectivity index (χ3n) is 5.63. The quantitative estimate of drug-likeness (QED) is 0.823. The van der Waals surface area contributed by atoms with Crippen LogP contribution >= 0.6 is 0 Å². The Labute approximate surface area is 155 Å². The Hall–Kier alpha value is -2.14. The maximum absolute atomic E-state index is 12.0. The molecule has 2 amide bonds. The van der Waals surface area contributed by atoms with E-state index in [0.29, 0.717) is 13.0 Å². The van der Waals surface area contributed by atoms with Crippen molar-refractivity contribution in [3.05, 3.63) is 41.5 Å². The average molecular weight is 356 g/mol. The molecule has 5 nitrogen and oxygen atoms in total. The molecule has 1 aliphatic heterocycles. The molecule has 0 bridgehead atoms. The Morgan fingerprint density at radius 3 is 2.50 bits per heavy atom. The van der Waals surface area contributed by atoms with Gasteiger partial charge in [0.25, 0.3) is 0 Å². The summed E-state index contributed by atoms with van der Waals surface area (Å²) in [6.07, 6.45) is 6.23. The minimum Gasteiger partial charge on any atom is -0.394 e. The normalized spacial score (nSPS) is 24.8. The fourth-order valence-electron chi connectivity index (χ4n) is 4.28. The lowest BCUT2D eigenvalue weighted by atomic mass is 9.74. The number of aliphatic hydroxyl groups is 1. The molecule has 0 aromatic heterocycles. The van der Waals surface area contributed by atoms with Crippen LogP contribution in [0.2, 0.25) is 0 Å². The van der Waals surface area contributed by atoms with Gasteiger partial charge in [0.15, 0.2) is 0 Å². The van der Waals surface area contributed by atoms with Gasteiger partial charge in [-0.2, -0.15) is 0 Å². The van der Waals surface area contributed by atoms with Crippen LogP contribution in [0.25, 0.3) is 5.57 Å². The largest absolute Gasteiger partial charge is 0.394 e. The molecular weight excluding hydrogens is 328 g/mol. The van der Waals surface area contributed by atoms with Crippen molar-refractivity contribution >= 4 is 17.4 Å². The summed E-state index contributed by atoms with van der Waals surface area (Å²) in [6.45, 7) is 3.67. The molecule has 0 unspecified atom stereocenters. The fourth-order valence-corrected chi connectivity index (χ4v) is 4.28. The summed E-state index contributed by atoms with van der Waals surface area (Å²) in [5, 5.41) is 12.7. The second-order valence-corrected chi connectivity index (χ2v) is 7.17. The van der Waals surface area contributed by atoms with Crippen LogP contribution in [0.1, 0.15) is 56.6 Å². The van der Waals surface area contributed by atoms with E-state index in [2.05, 4.69) is 35.7 Å². The highest BCUT2D eigenvalue weighted by Crippen LogP contribution is 2.41. The monoisotopic (exact) mass is 356 g/mol. The van der Waals surface area contributed by atoms with Crippen LogP contribution in [-0.4, -0.2) is 47.1 Å². The van der Waals surface area contributed by atoms with E-state index in [1.165, 1.54) is 24.5 Å². The molecule has 1 heterocycles. The average Bonchev–Trinajstić information content (AvgIpc) is 3.15. The van der Waals surface area contributed by atoms with E-state index in [4.69, 9.17) is 0 Å². The highest BCUT2D eigenvalue weighted by Gasteiger charge is 2.49. The van der Waals surface area contributed by atoms with Gasteiger partial charge in [-0.25, -0.2) is 0 Å². The predicted molar refractivity (Wildman–Crippen MR) is 101 cm³/mol. The van der Waals surface area contributed by atoms with Crippen molar-refractivity contribution in [2.75, 3.05) is 13.2 Å². The third-order valence-corrected chi connectivity index (χ3v) is 5.63. The first-order chi connectivity index (χ1) is 12.6. The van der Waals surface area contributed by atoms with Crippen molar-refractivity contribution in [3.63, 3.8) is 0 Å². The minimum absolute atomic E-state index is 0.0248. The van der Waals surface area contributed by atoms with Gasteiger partial charge in [-0.1, -0.05) is 37.3 Å². The first-order valence-electron chi connectivity index (χ1n) is 9.52. The van der Waals surface area contributed by atoms with Crippen LogP contribution in [0.3, 0.4) is 0 Å². The van der Waals surface area contributed by atoms with Crippen LogP contribution in [0.15, 0.2) is 30.3 Å². The molecule has 2 N–H and O–H groups in total. The number of hydrogen-bond acceptors (Lipinski definition) is 3.